The maximum atomic E-state index is 4.56. The van der Waals surface area contributed by atoms with Crippen LogP contribution in [0.4, 0.5) is 5.82 Å². The van der Waals surface area contributed by atoms with Crippen molar-refractivity contribution in [2.45, 2.75) is 38.9 Å². The summed E-state index contributed by atoms with van der Waals surface area (Å²) in [6, 6.07) is 7.01. The van der Waals surface area contributed by atoms with Gasteiger partial charge in [0.15, 0.2) is 0 Å². The van der Waals surface area contributed by atoms with Gasteiger partial charge >= 0.3 is 0 Å². The standard InChI is InChI=1S/C19H28N6/c1-15-10-19-22-12-17(14-25(19)23-15)11-21-18-4-8-24(9-5-18)13-16-2-6-20-7-3-16/h2-3,6-7,10,17-18,21-22H,4-5,8-9,11-14H2,1H3/t17-/m1/s1. The summed E-state index contributed by atoms with van der Waals surface area (Å²) in [5.74, 6) is 1.78. The van der Waals surface area contributed by atoms with E-state index in [2.05, 4.69) is 55.4 Å². The average molecular weight is 340 g/mol. The summed E-state index contributed by atoms with van der Waals surface area (Å²) in [5.41, 5.74) is 2.46. The van der Waals surface area contributed by atoms with Crippen LogP contribution < -0.4 is 10.6 Å². The lowest BCUT2D eigenvalue weighted by Gasteiger charge is -2.34. The van der Waals surface area contributed by atoms with Crippen LogP contribution in [0, 0.1) is 12.8 Å². The number of nitrogens with one attached hydrogen (secondary N) is 2. The van der Waals surface area contributed by atoms with E-state index in [9.17, 15) is 0 Å². The quantitative estimate of drug-likeness (QED) is 0.870. The number of pyridine rings is 1. The average Bonchev–Trinajstić information content (AvgIpc) is 3.01. The monoisotopic (exact) mass is 340 g/mol. The number of likely N-dealkylation sites (tertiary alicyclic amines) is 1. The lowest BCUT2D eigenvalue weighted by Crippen LogP contribution is -2.45. The van der Waals surface area contributed by atoms with Gasteiger partial charge in [-0.05, 0) is 50.6 Å². The molecule has 2 aromatic rings. The summed E-state index contributed by atoms with van der Waals surface area (Å²) in [7, 11) is 0. The second-order valence-corrected chi connectivity index (χ2v) is 7.41. The number of piperidine rings is 1. The lowest BCUT2D eigenvalue weighted by atomic mass is 10.0. The highest BCUT2D eigenvalue weighted by molar-refractivity contribution is 5.38. The second-order valence-electron chi connectivity index (χ2n) is 7.41. The highest BCUT2D eigenvalue weighted by Crippen LogP contribution is 2.19. The fourth-order valence-corrected chi connectivity index (χ4v) is 3.90. The molecule has 4 heterocycles. The summed E-state index contributed by atoms with van der Waals surface area (Å²) >= 11 is 0. The Kier molecular flexibility index (Phi) is 4.99. The first-order valence-corrected chi connectivity index (χ1v) is 9.39. The van der Waals surface area contributed by atoms with Gasteiger partial charge in [-0.15, -0.1) is 0 Å². The van der Waals surface area contributed by atoms with Gasteiger partial charge in [0.25, 0.3) is 0 Å². The molecule has 134 valence electrons. The molecular weight excluding hydrogens is 312 g/mol. The predicted molar refractivity (Wildman–Crippen MR) is 99.5 cm³/mol. The number of aryl methyl sites for hydroxylation is 1. The molecule has 0 aliphatic carbocycles. The molecule has 1 saturated heterocycles. The summed E-state index contributed by atoms with van der Waals surface area (Å²) in [4.78, 5) is 6.64. The van der Waals surface area contributed by atoms with Crippen molar-refractivity contribution >= 4 is 5.82 Å². The molecule has 0 bridgehead atoms. The minimum absolute atomic E-state index is 0.613. The van der Waals surface area contributed by atoms with Gasteiger partial charge in [-0.2, -0.15) is 5.10 Å². The Bertz CT molecular complexity index is 674. The van der Waals surface area contributed by atoms with Crippen LogP contribution in [0.25, 0.3) is 0 Å². The fourth-order valence-electron chi connectivity index (χ4n) is 3.90. The Morgan fingerprint density at radius 2 is 2.04 bits per heavy atom. The van der Waals surface area contributed by atoms with Crippen molar-refractivity contribution in [3.63, 3.8) is 0 Å². The first-order chi connectivity index (χ1) is 12.3. The molecule has 0 unspecified atom stereocenters. The van der Waals surface area contributed by atoms with E-state index < -0.39 is 0 Å². The molecule has 0 amide bonds. The Morgan fingerprint density at radius 1 is 1.24 bits per heavy atom. The van der Waals surface area contributed by atoms with Crippen LogP contribution in [0.2, 0.25) is 0 Å². The fraction of sp³-hybridized carbons (Fsp3) is 0.579. The Hall–Kier alpha value is -1.92. The van der Waals surface area contributed by atoms with E-state index >= 15 is 0 Å². The van der Waals surface area contributed by atoms with Crippen LogP contribution in [-0.4, -0.2) is 51.9 Å². The van der Waals surface area contributed by atoms with Crippen LogP contribution in [-0.2, 0) is 13.1 Å². The van der Waals surface area contributed by atoms with Gasteiger partial charge in [0, 0.05) is 56.6 Å². The van der Waals surface area contributed by atoms with Gasteiger partial charge in [0.05, 0.1) is 5.69 Å². The number of anilines is 1. The summed E-state index contributed by atoms with van der Waals surface area (Å²) in [6.45, 7) is 8.57. The van der Waals surface area contributed by atoms with Crippen LogP contribution in [0.3, 0.4) is 0 Å². The highest BCUT2D eigenvalue weighted by Gasteiger charge is 2.22. The number of nitrogens with zero attached hydrogens (tertiary/aromatic N) is 4. The molecule has 6 nitrogen and oxygen atoms in total. The predicted octanol–water partition coefficient (Wildman–Crippen LogP) is 1.88. The smallest absolute Gasteiger partial charge is 0.124 e. The Labute approximate surface area is 149 Å². The third kappa shape index (κ3) is 4.19. The van der Waals surface area contributed by atoms with Crippen molar-refractivity contribution < 1.29 is 0 Å². The van der Waals surface area contributed by atoms with Crippen molar-refractivity contribution in [3.8, 4) is 0 Å². The first kappa shape index (κ1) is 16.5. The second kappa shape index (κ2) is 7.54. The van der Waals surface area contributed by atoms with Crippen LogP contribution >= 0.6 is 0 Å². The molecule has 0 saturated carbocycles. The zero-order valence-electron chi connectivity index (χ0n) is 15.0. The molecule has 6 heteroatoms. The molecular formula is C19H28N6. The maximum absolute atomic E-state index is 4.56. The van der Waals surface area contributed by atoms with Crippen LogP contribution in [0.1, 0.15) is 24.1 Å². The third-order valence-electron chi connectivity index (χ3n) is 5.34. The van der Waals surface area contributed by atoms with E-state index in [0.29, 0.717) is 12.0 Å². The molecule has 0 radical (unpaired) electrons. The van der Waals surface area contributed by atoms with Gasteiger partial charge in [-0.25, -0.2) is 4.68 Å². The molecule has 2 aromatic heterocycles. The highest BCUT2D eigenvalue weighted by atomic mass is 15.3. The maximum Gasteiger partial charge on any atom is 0.124 e. The van der Waals surface area contributed by atoms with Gasteiger partial charge in [-0.3, -0.25) is 9.88 Å². The molecule has 2 N–H and O–H groups in total. The van der Waals surface area contributed by atoms with Gasteiger partial charge in [-0.1, -0.05) is 0 Å². The lowest BCUT2D eigenvalue weighted by molar-refractivity contribution is 0.186. The SMILES string of the molecule is Cc1cc2n(n1)C[C@H](CNC1CCN(Cc3ccncc3)CC1)CN2. The number of aromatic nitrogens is 3. The van der Waals surface area contributed by atoms with E-state index in [-0.39, 0.29) is 0 Å². The summed E-state index contributed by atoms with van der Waals surface area (Å²) in [5, 5.41) is 11.9. The van der Waals surface area contributed by atoms with Crippen molar-refractivity contribution in [3.05, 3.63) is 41.9 Å². The van der Waals surface area contributed by atoms with Crippen molar-refractivity contribution in [1.82, 2.24) is 25.0 Å². The van der Waals surface area contributed by atoms with E-state index in [1.807, 2.05) is 12.4 Å². The summed E-state index contributed by atoms with van der Waals surface area (Å²) < 4.78 is 2.11. The van der Waals surface area contributed by atoms with E-state index in [0.717, 1.165) is 37.7 Å². The molecule has 1 atom stereocenters. The van der Waals surface area contributed by atoms with Gasteiger partial charge in [0.2, 0.25) is 0 Å². The van der Waals surface area contributed by atoms with E-state index in [4.69, 9.17) is 0 Å². The molecule has 2 aliphatic heterocycles. The van der Waals surface area contributed by atoms with Crippen molar-refractivity contribution in [1.29, 1.82) is 0 Å². The molecule has 0 aromatic carbocycles. The molecule has 4 rings (SSSR count). The van der Waals surface area contributed by atoms with Crippen LogP contribution in [0.5, 0.6) is 0 Å². The number of hydrogen-bond donors (Lipinski definition) is 2. The minimum atomic E-state index is 0.613. The molecule has 0 spiro atoms. The number of rotatable bonds is 5. The first-order valence-electron chi connectivity index (χ1n) is 9.39. The van der Waals surface area contributed by atoms with Crippen molar-refractivity contribution in [2.75, 3.05) is 31.5 Å². The summed E-state index contributed by atoms with van der Waals surface area (Å²) in [6.07, 6.45) is 6.23. The zero-order chi connectivity index (χ0) is 17.1. The van der Waals surface area contributed by atoms with Crippen LogP contribution in [0.15, 0.2) is 30.6 Å². The normalized spacial score (nSPS) is 21.7. The topological polar surface area (TPSA) is 58.0 Å². The number of hydrogen-bond acceptors (Lipinski definition) is 5. The Balaban J connectivity index is 1.19. The van der Waals surface area contributed by atoms with Gasteiger partial charge < -0.3 is 10.6 Å². The molecule has 2 aliphatic rings. The van der Waals surface area contributed by atoms with E-state index in [1.165, 1.54) is 31.5 Å². The zero-order valence-corrected chi connectivity index (χ0v) is 15.0. The molecule has 1 fully saturated rings. The number of fused-ring (bicyclic) bond motifs is 1. The molecule has 25 heavy (non-hydrogen) atoms. The minimum Gasteiger partial charge on any atom is -0.370 e. The van der Waals surface area contributed by atoms with Crippen molar-refractivity contribution in [2.24, 2.45) is 5.92 Å². The third-order valence-corrected chi connectivity index (χ3v) is 5.34. The van der Waals surface area contributed by atoms with E-state index in [1.54, 1.807) is 0 Å². The Morgan fingerprint density at radius 3 is 2.84 bits per heavy atom. The van der Waals surface area contributed by atoms with Gasteiger partial charge in [0.1, 0.15) is 5.82 Å². The largest absolute Gasteiger partial charge is 0.370 e.